The molecule has 0 amide bonds. The fraction of sp³-hybridized carbons (Fsp3) is 0.200. The van der Waals surface area contributed by atoms with E-state index in [1.165, 1.54) is 11.1 Å². The molecule has 0 saturated carbocycles. The monoisotopic (exact) mass is 508 g/mol. The third-order valence-corrected chi connectivity index (χ3v) is 7.34. The van der Waals surface area contributed by atoms with Crippen molar-refractivity contribution in [3.63, 3.8) is 0 Å². The van der Waals surface area contributed by atoms with Gasteiger partial charge in [0, 0.05) is 23.3 Å². The molecule has 0 nitrogen and oxygen atoms in total. The molecule has 0 aliphatic rings. The standard InChI is InChI=1S/C15H12Br4/c1-15(2,9-5-3-7-11(16)13(9)18)10-6-4-8-12(17)14(10)19/h3-8H,1-2H3. The lowest BCUT2D eigenvalue weighted by atomic mass is 9.78. The maximum absolute atomic E-state index is 3.68. The van der Waals surface area contributed by atoms with Crippen LogP contribution in [0.25, 0.3) is 0 Å². The van der Waals surface area contributed by atoms with Crippen molar-refractivity contribution in [3.8, 4) is 0 Å². The number of hydrogen-bond acceptors (Lipinski definition) is 0. The first-order chi connectivity index (χ1) is 8.85. The molecule has 2 rings (SSSR count). The third-order valence-electron chi connectivity index (χ3n) is 3.25. The summed E-state index contributed by atoms with van der Waals surface area (Å²) >= 11 is 14.5. The topological polar surface area (TPSA) is 0 Å². The SMILES string of the molecule is CC(C)(c1cccc(Br)c1Br)c1cccc(Br)c1Br. The first-order valence-corrected chi connectivity index (χ1v) is 8.92. The normalized spacial score (nSPS) is 11.7. The van der Waals surface area contributed by atoms with Gasteiger partial charge in [-0.3, -0.25) is 0 Å². The molecule has 0 N–H and O–H groups in total. The minimum Gasteiger partial charge on any atom is -0.0608 e. The zero-order valence-electron chi connectivity index (χ0n) is 10.5. The molecular weight excluding hydrogens is 500 g/mol. The predicted molar refractivity (Wildman–Crippen MR) is 95.8 cm³/mol. The lowest BCUT2D eigenvalue weighted by Crippen LogP contribution is -2.20. The lowest BCUT2D eigenvalue weighted by molar-refractivity contribution is 0.633. The summed E-state index contributed by atoms with van der Waals surface area (Å²) in [5, 5.41) is 0. The molecule has 4 heteroatoms. The van der Waals surface area contributed by atoms with Crippen LogP contribution in [0.5, 0.6) is 0 Å². The number of benzene rings is 2. The van der Waals surface area contributed by atoms with E-state index in [0.29, 0.717) is 0 Å². The van der Waals surface area contributed by atoms with Crippen molar-refractivity contribution in [2.24, 2.45) is 0 Å². The summed E-state index contributed by atoms with van der Waals surface area (Å²) in [7, 11) is 0. The Labute approximate surface area is 147 Å². The van der Waals surface area contributed by atoms with Crippen LogP contribution in [0.4, 0.5) is 0 Å². The summed E-state index contributed by atoms with van der Waals surface area (Å²) in [5.74, 6) is 0. The van der Waals surface area contributed by atoms with E-state index in [0.717, 1.165) is 17.9 Å². The van der Waals surface area contributed by atoms with Gasteiger partial charge in [-0.15, -0.1) is 0 Å². The Balaban J connectivity index is 2.65. The van der Waals surface area contributed by atoms with Gasteiger partial charge in [-0.25, -0.2) is 0 Å². The van der Waals surface area contributed by atoms with E-state index in [-0.39, 0.29) is 5.41 Å². The highest BCUT2D eigenvalue weighted by molar-refractivity contribution is 9.13. The fourth-order valence-corrected chi connectivity index (χ4v) is 4.37. The molecule has 100 valence electrons. The van der Waals surface area contributed by atoms with Crippen molar-refractivity contribution in [2.75, 3.05) is 0 Å². The highest BCUT2D eigenvalue weighted by Gasteiger charge is 2.28. The van der Waals surface area contributed by atoms with Gasteiger partial charge in [0.15, 0.2) is 0 Å². The third kappa shape index (κ3) is 3.02. The summed E-state index contributed by atoms with van der Waals surface area (Å²) in [6.45, 7) is 4.46. The molecule has 0 heterocycles. The summed E-state index contributed by atoms with van der Waals surface area (Å²) < 4.78 is 4.35. The first-order valence-electron chi connectivity index (χ1n) is 5.74. The van der Waals surface area contributed by atoms with Gasteiger partial charge in [-0.05, 0) is 87.0 Å². The molecule has 0 saturated heterocycles. The van der Waals surface area contributed by atoms with Crippen LogP contribution in [0.3, 0.4) is 0 Å². The quantitative estimate of drug-likeness (QED) is 0.405. The van der Waals surface area contributed by atoms with Crippen LogP contribution in [0.1, 0.15) is 25.0 Å². The van der Waals surface area contributed by atoms with E-state index < -0.39 is 0 Å². The van der Waals surface area contributed by atoms with Gasteiger partial charge in [0.2, 0.25) is 0 Å². The average molecular weight is 512 g/mol. The van der Waals surface area contributed by atoms with Gasteiger partial charge in [0.05, 0.1) is 0 Å². The minimum atomic E-state index is -0.106. The molecule has 0 aliphatic carbocycles. The van der Waals surface area contributed by atoms with Crippen LogP contribution >= 0.6 is 63.7 Å². The van der Waals surface area contributed by atoms with Crippen molar-refractivity contribution in [3.05, 3.63) is 65.4 Å². The highest BCUT2D eigenvalue weighted by atomic mass is 79.9. The molecule has 0 atom stereocenters. The molecule has 0 radical (unpaired) electrons. The van der Waals surface area contributed by atoms with E-state index in [4.69, 9.17) is 0 Å². The molecule has 19 heavy (non-hydrogen) atoms. The molecule has 0 fully saturated rings. The van der Waals surface area contributed by atoms with E-state index in [1.54, 1.807) is 0 Å². The number of hydrogen-bond donors (Lipinski definition) is 0. The number of rotatable bonds is 2. The predicted octanol–water partition coefficient (Wildman–Crippen LogP) is 7.06. The molecule has 0 aliphatic heterocycles. The van der Waals surface area contributed by atoms with Crippen molar-refractivity contribution < 1.29 is 0 Å². The minimum absolute atomic E-state index is 0.106. The Bertz CT molecular complexity index is 564. The average Bonchev–Trinajstić information content (AvgIpc) is 2.35. The molecular formula is C15H12Br4. The second-order valence-electron chi connectivity index (χ2n) is 4.83. The first kappa shape index (κ1) is 15.7. The van der Waals surface area contributed by atoms with E-state index >= 15 is 0 Å². The van der Waals surface area contributed by atoms with Gasteiger partial charge in [-0.2, -0.15) is 0 Å². The Hall–Kier alpha value is 0.360. The molecule has 2 aromatic rings. The van der Waals surface area contributed by atoms with Gasteiger partial charge < -0.3 is 0 Å². The lowest BCUT2D eigenvalue weighted by Gasteiger charge is -2.29. The van der Waals surface area contributed by atoms with E-state index in [2.05, 4.69) is 102 Å². The summed E-state index contributed by atoms with van der Waals surface area (Å²) in [4.78, 5) is 0. The van der Waals surface area contributed by atoms with Crippen molar-refractivity contribution >= 4 is 63.7 Å². The maximum atomic E-state index is 3.68. The Kier molecular flexibility index (Phi) is 4.97. The van der Waals surface area contributed by atoms with Crippen molar-refractivity contribution in [2.45, 2.75) is 19.3 Å². The van der Waals surface area contributed by atoms with Crippen LogP contribution in [0.2, 0.25) is 0 Å². The van der Waals surface area contributed by atoms with Gasteiger partial charge >= 0.3 is 0 Å². The molecule has 2 aromatic carbocycles. The van der Waals surface area contributed by atoms with Gasteiger partial charge in [-0.1, -0.05) is 38.1 Å². The second kappa shape index (κ2) is 6.00. The van der Waals surface area contributed by atoms with E-state index in [9.17, 15) is 0 Å². The van der Waals surface area contributed by atoms with Crippen molar-refractivity contribution in [1.82, 2.24) is 0 Å². The fourth-order valence-electron chi connectivity index (χ4n) is 2.12. The zero-order valence-corrected chi connectivity index (χ0v) is 16.8. The van der Waals surface area contributed by atoms with Gasteiger partial charge in [0.1, 0.15) is 0 Å². The van der Waals surface area contributed by atoms with Gasteiger partial charge in [0.25, 0.3) is 0 Å². The second-order valence-corrected chi connectivity index (χ2v) is 8.12. The molecule has 0 spiro atoms. The summed E-state index contributed by atoms with van der Waals surface area (Å²) in [6.07, 6.45) is 0. The zero-order chi connectivity index (χ0) is 14.2. The largest absolute Gasteiger partial charge is 0.0608 e. The summed E-state index contributed by atoms with van der Waals surface area (Å²) in [5.41, 5.74) is 2.40. The van der Waals surface area contributed by atoms with Crippen molar-refractivity contribution in [1.29, 1.82) is 0 Å². The Morgan fingerprint density at radius 2 is 1.05 bits per heavy atom. The Morgan fingerprint density at radius 1 is 0.684 bits per heavy atom. The van der Waals surface area contributed by atoms with Crippen LogP contribution in [0, 0.1) is 0 Å². The molecule has 0 unspecified atom stereocenters. The maximum Gasteiger partial charge on any atom is 0.0358 e. The van der Waals surface area contributed by atoms with Crippen LogP contribution in [0.15, 0.2) is 54.3 Å². The number of halogens is 4. The van der Waals surface area contributed by atoms with E-state index in [1.807, 2.05) is 12.1 Å². The highest BCUT2D eigenvalue weighted by Crippen LogP contribution is 2.43. The smallest absolute Gasteiger partial charge is 0.0358 e. The van der Waals surface area contributed by atoms with Crippen LogP contribution in [-0.4, -0.2) is 0 Å². The van der Waals surface area contributed by atoms with Crippen LogP contribution < -0.4 is 0 Å². The molecule has 0 aromatic heterocycles. The molecule has 0 bridgehead atoms. The summed E-state index contributed by atoms with van der Waals surface area (Å²) in [6, 6.07) is 12.5. The van der Waals surface area contributed by atoms with Crippen LogP contribution in [-0.2, 0) is 5.41 Å². The Morgan fingerprint density at radius 3 is 1.42 bits per heavy atom.